The minimum Gasteiger partial charge on any atom is -0.392 e. The number of aliphatic hydroxyl groups excluding tert-OH is 2. The Hall–Kier alpha value is -0.380. The minimum atomic E-state index is -0.683. The topological polar surface area (TPSA) is 60.7 Å². The molecule has 0 heterocycles. The van der Waals surface area contributed by atoms with E-state index in [1.54, 1.807) is 6.08 Å². The lowest BCUT2D eigenvalue weighted by molar-refractivity contribution is -0.211. The van der Waals surface area contributed by atoms with Crippen LogP contribution in [-0.2, 0) is 0 Å². The zero-order chi connectivity index (χ0) is 17.3. The molecule has 23 heavy (non-hydrogen) atoms. The van der Waals surface area contributed by atoms with Crippen LogP contribution in [0.25, 0.3) is 0 Å². The van der Waals surface area contributed by atoms with Crippen LogP contribution in [-0.4, -0.2) is 34.1 Å². The highest BCUT2D eigenvalue weighted by molar-refractivity contribution is 5.13. The fourth-order valence-corrected chi connectivity index (χ4v) is 5.83. The third-order valence-corrected chi connectivity index (χ3v) is 7.33. The van der Waals surface area contributed by atoms with Gasteiger partial charge in [0.1, 0.15) is 0 Å². The monoisotopic (exact) mass is 324 g/mol. The van der Waals surface area contributed by atoms with Crippen molar-refractivity contribution in [2.45, 2.75) is 78.2 Å². The lowest BCUT2D eigenvalue weighted by Gasteiger charge is -2.63. The molecule has 0 saturated heterocycles. The summed E-state index contributed by atoms with van der Waals surface area (Å²) in [5.41, 5.74) is 0.402. The van der Waals surface area contributed by atoms with Gasteiger partial charge < -0.3 is 15.3 Å². The van der Waals surface area contributed by atoms with Crippen molar-refractivity contribution in [3.8, 4) is 0 Å². The number of fused-ring (bicyclic) bond motifs is 1. The molecule has 0 radical (unpaired) electrons. The Bertz CT molecular complexity index is 442. The Morgan fingerprint density at radius 3 is 2.43 bits per heavy atom. The van der Waals surface area contributed by atoms with Crippen LogP contribution >= 0.6 is 0 Å². The van der Waals surface area contributed by atoms with E-state index in [1.165, 1.54) is 19.3 Å². The Morgan fingerprint density at radius 1 is 1.13 bits per heavy atom. The van der Waals surface area contributed by atoms with Crippen molar-refractivity contribution in [3.63, 3.8) is 0 Å². The molecule has 134 valence electrons. The molecule has 0 spiro atoms. The van der Waals surface area contributed by atoms with E-state index in [1.807, 2.05) is 0 Å². The third kappa shape index (κ3) is 3.25. The Morgan fingerprint density at radius 2 is 1.83 bits per heavy atom. The largest absolute Gasteiger partial charge is 0.392 e. The first kappa shape index (κ1) is 19.0. The van der Waals surface area contributed by atoms with Gasteiger partial charge in [-0.2, -0.15) is 0 Å². The summed E-state index contributed by atoms with van der Waals surface area (Å²) in [7, 11) is 0. The highest BCUT2D eigenvalue weighted by Crippen LogP contribution is 2.63. The van der Waals surface area contributed by atoms with Crippen LogP contribution in [0.15, 0.2) is 11.6 Å². The van der Waals surface area contributed by atoms with Gasteiger partial charge in [-0.1, -0.05) is 40.2 Å². The lowest BCUT2D eigenvalue weighted by atomic mass is 9.44. The van der Waals surface area contributed by atoms with Gasteiger partial charge in [0, 0.05) is 0 Å². The van der Waals surface area contributed by atoms with Crippen molar-refractivity contribution in [1.29, 1.82) is 0 Å². The fourth-order valence-electron chi connectivity index (χ4n) is 5.83. The molecule has 0 aromatic heterocycles. The van der Waals surface area contributed by atoms with Crippen molar-refractivity contribution in [2.75, 3.05) is 13.2 Å². The molecule has 3 heteroatoms. The van der Waals surface area contributed by atoms with Crippen molar-refractivity contribution in [3.05, 3.63) is 11.6 Å². The fraction of sp³-hybridized carbons (Fsp3) is 0.900. The van der Waals surface area contributed by atoms with Crippen LogP contribution < -0.4 is 0 Å². The van der Waals surface area contributed by atoms with E-state index in [4.69, 9.17) is 5.11 Å². The van der Waals surface area contributed by atoms with E-state index in [2.05, 4.69) is 27.7 Å². The smallest absolute Gasteiger partial charge is 0.0732 e. The van der Waals surface area contributed by atoms with Crippen molar-refractivity contribution in [2.24, 2.45) is 22.7 Å². The molecule has 0 unspecified atom stereocenters. The molecule has 2 fully saturated rings. The molecule has 0 aromatic carbocycles. The quantitative estimate of drug-likeness (QED) is 0.676. The molecular weight excluding hydrogens is 288 g/mol. The van der Waals surface area contributed by atoms with Gasteiger partial charge >= 0.3 is 0 Å². The molecule has 0 amide bonds. The SMILES string of the molecule is C[C@@H]1CC[C@H]2C(C)(C)CCC[C@@]2(C)[C@]1(O)CC/C(=C\CO)CO. The maximum Gasteiger partial charge on any atom is 0.0732 e. The number of rotatable bonds is 5. The Labute approximate surface area is 141 Å². The summed E-state index contributed by atoms with van der Waals surface area (Å²) in [4.78, 5) is 0. The Kier molecular flexibility index (Phi) is 5.65. The van der Waals surface area contributed by atoms with Gasteiger partial charge in [-0.25, -0.2) is 0 Å². The molecule has 4 atom stereocenters. The molecular formula is C20H36O3. The van der Waals surface area contributed by atoms with Crippen molar-refractivity contribution in [1.82, 2.24) is 0 Å². The lowest BCUT2D eigenvalue weighted by Crippen LogP contribution is -2.62. The molecule has 3 nitrogen and oxygen atoms in total. The van der Waals surface area contributed by atoms with Gasteiger partial charge in [0.15, 0.2) is 0 Å². The van der Waals surface area contributed by atoms with E-state index in [9.17, 15) is 10.2 Å². The van der Waals surface area contributed by atoms with E-state index in [-0.39, 0.29) is 24.5 Å². The first-order chi connectivity index (χ1) is 10.7. The summed E-state index contributed by atoms with van der Waals surface area (Å²) in [5.74, 6) is 0.844. The van der Waals surface area contributed by atoms with E-state index in [0.717, 1.165) is 18.4 Å². The van der Waals surface area contributed by atoms with Gasteiger partial charge in [0.05, 0.1) is 18.8 Å². The Balaban J connectivity index is 2.27. The van der Waals surface area contributed by atoms with E-state index in [0.29, 0.717) is 24.2 Å². The molecule has 2 saturated carbocycles. The van der Waals surface area contributed by atoms with Gasteiger partial charge in [-0.15, -0.1) is 0 Å². The van der Waals surface area contributed by atoms with Crippen molar-refractivity contribution < 1.29 is 15.3 Å². The molecule has 2 aliphatic carbocycles. The molecule has 3 N–H and O–H groups in total. The van der Waals surface area contributed by atoms with Gasteiger partial charge in [0.25, 0.3) is 0 Å². The highest BCUT2D eigenvalue weighted by atomic mass is 16.3. The van der Waals surface area contributed by atoms with E-state index < -0.39 is 5.60 Å². The van der Waals surface area contributed by atoms with E-state index >= 15 is 0 Å². The van der Waals surface area contributed by atoms with Gasteiger partial charge in [-0.3, -0.25) is 0 Å². The van der Waals surface area contributed by atoms with Crippen LogP contribution in [0.5, 0.6) is 0 Å². The average molecular weight is 325 g/mol. The zero-order valence-electron chi connectivity index (χ0n) is 15.4. The number of hydrogen-bond donors (Lipinski definition) is 3. The minimum absolute atomic E-state index is 0.0311. The van der Waals surface area contributed by atoms with Crippen LogP contribution in [0.4, 0.5) is 0 Å². The number of hydrogen-bond acceptors (Lipinski definition) is 3. The summed E-state index contributed by atoms with van der Waals surface area (Å²) in [6, 6.07) is 0. The predicted molar refractivity (Wildman–Crippen MR) is 94.1 cm³/mol. The van der Waals surface area contributed by atoms with Crippen LogP contribution in [0.1, 0.15) is 72.6 Å². The zero-order valence-corrected chi connectivity index (χ0v) is 15.4. The molecule has 0 aliphatic heterocycles. The van der Waals surface area contributed by atoms with Gasteiger partial charge in [0.2, 0.25) is 0 Å². The molecule has 2 rings (SSSR count). The molecule has 2 aliphatic rings. The third-order valence-electron chi connectivity index (χ3n) is 7.33. The summed E-state index contributed by atoms with van der Waals surface area (Å²) in [6.45, 7) is 9.17. The average Bonchev–Trinajstić information content (AvgIpc) is 2.48. The summed E-state index contributed by atoms with van der Waals surface area (Å²) >= 11 is 0. The van der Waals surface area contributed by atoms with Gasteiger partial charge in [-0.05, 0) is 66.8 Å². The van der Waals surface area contributed by atoms with Crippen LogP contribution in [0, 0.1) is 22.7 Å². The first-order valence-corrected chi connectivity index (χ1v) is 9.33. The maximum atomic E-state index is 11.8. The summed E-state index contributed by atoms with van der Waals surface area (Å²) in [5, 5.41) is 30.3. The summed E-state index contributed by atoms with van der Waals surface area (Å²) < 4.78 is 0. The van der Waals surface area contributed by atoms with Crippen LogP contribution in [0.3, 0.4) is 0 Å². The highest BCUT2D eigenvalue weighted by Gasteiger charge is 2.60. The number of aliphatic hydroxyl groups is 3. The second-order valence-corrected chi connectivity index (χ2v) is 8.92. The second kappa shape index (κ2) is 6.85. The van der Waals surface area contributed by atoms with Crippen LogP contribution in [0.2, 0.25) is 0 Å². The normalized spacial score (nSPS) is 40.7. The predicted octanol–water partition coefficient (Wildman–Crippen LogP) is 3.67. The molecule has 0 aromatic rings. The molecule has 0 bridgehead atoms. The van der Waals surface area contributed by atoms with Crippen molar-refractivity contribution >= 4 is 0 Å². The second-order valence-electron chi connectivity index (χ2n) is 8.92. The first-order valence-electron chi connectivity index (χ1n) is 9.33. The summed E-state index contributed by atoms with van der Waals surface area (Å²) in [6.07, 6.45) is 8.87. The maximum absolute atomic E-state index is 11.8. The standard InChI is InChI=1S/C20H36O3/c1-15-6-7-17-18(2,3)10-5-11-19(17,4)20(15,23)12-8-16(14-22)9-13-21/h9,15,17,21-23H,5-8,10-14H2,1-4H3/b16-9+/t15-,17+,19-,20+/m1/s1.